The lowest BCUT2D eigenvalue weighted by molar-refractivity contribution is -0.136. The second-order valence-electron chi connectivity index (χ2n) is 8.82. The van der Waals surface area contributed by atoms with Crippen molar-refractivity contribution >= 4 is 11.4 Å². The molecule has 4 rings (SSSR count). The Morgan fingerprint density at radius 2 is 1.65 bits per heavy atom. The highest BCUT2D eigenvalue weighted by Gasteiger charge is 2.36. The van der Waals surface area contributed by atoms with Gasteiger partial charge in [-0.05, 0) is 68.0 Å². The highest BCUT2D eigenvalue weighted by atomic mass is 19.4. The molecule has 2 aromatic carbocycles. The Kier molecular flexibility index (Phi) is 6.52. The summed E-state index contributed by atoms with van der Waals surface area (Å²) >= 11 is 0. The minimum Gasteiger partial charge on any atom is -0.372 e. The fraction of sp³-hybridized carbons (Fsp3) is 0.333. The third-order valence-corrected chi connectivity index (χ3v) is 6.40. The van der Waals surface area contributed by atoms with Gasteiger partial charge < -0.3 is 9.47 Å². The number of aromatic nitrogens is 1. The smallest absolute Gasteiger partial charge is 0.372 e. The molecule has 0 unspecified atom stereocenters. The molecule has 0 radical (unpaired) electrons. The number of pyridine rings is 1. The van der Waals surface area contributed by atoms with E-state index in [4.69, 9.17) is 6.57 Å². The van der Waals surface area contributed by atoms with Gasteiger partial charge in [-0.1, -0.05) is 35.9 Å². The second-order valence-corrected chi connectivity index (χ2v) is 8.82. The number of alkyl halides is 3. The zero-order valence-corrected chi connectivity index (χ0v) is 19.2. The molecular formula is C27H26F3N3O. The van der Waals surface area contributed by atoms with Gasteiger partial charge in [-0.3, -0.25) is 4.79 Å². The summed E-state index contributed by atoms with van der Waals surface area (Å²) < 4.78 is 42.6. The van der Waals surface area contributed by atoms with Crippen LogP contribution in [0.1, 0.15) is 41.5 Å². The van der Waals surface area contributed by atoms with Crippen molar-refractivity contribution in [3.8, 4) is 11.3 Å². The summed E-state index contributed by atoms with van der Waals surface area (Å²) in [6.45, 7) is 13.1. The maximum Gasteiger partial charge on any atom is 0.407 e. The number of benzene rings is 2. The molecule has 1 aliphatic heterocycles. The molecule has 0 saturated carbocycles. The lowest BCUT2D eigenvalue weighted by Gasteiger charge is -2.29. The van der Waals surface area contributed by atoms with Crippen LogP contribution in [0.25, 0.3) is 16.1 Å². The number of rotatable bonds is 4. The van der Waals surface area contributed by atoms with Gasteiger partial charge in [-0.2, -0.15) is 13.2 Å². The Bertz CT molecular complexity index is 1290. The Balaban J connectivity index is 1.86. The molecule has 1 fully saturated rings. The van der Waals surface area contributed by atoms with Crippen molar-refractivity contribution in [2.75, 3.05) is 18.0 Å². The highest BCUT2D eigenvalue weighted by Crippen LogP contribution is 2.37. The summed E-state index contributed by atoms with van der Waals surface area (Å²) in [5.41, 5.74) is 1.44. The summed E-state index contributed by atoms with van der Waals surface area (Å²) in [5.74, 6) is 0. The van der Waals surface area contributed by atoms with Gasteiger partial charge in [0.15, 0.2) is 0 Å². The molecule has 0 spiro atoms. The number of piperidine rings is 1. The zero-order valence-electron chi connectivity index (χ0n) is 19.2. The number of hydrogen-bond acceptors (Lipinski definition) is 2. The minimum absolute atomic E-state index is 0.0782. The number of halogens is 3. The maximum atomic E-state index is 13.8. The summed E-state index contributed by atoms with van der Waals surface area (Å²) in [7, 11) is 0. The van der Waals surface area contributed by atoms with E-state index in [2.05, 4.69) is 9.74 Å². The van der Waals surface area contributed by atoms with E-state index in [1.165, 1.54) is 11.0 Å². The molecular weight excluding hydrogens is 439 g/mol. The molecule has 0 aliphatic carbocycles. The first-order chi connectivity index (χ1) is 16.2. The van der Waals surface area contributed by atoms with Crippen molar-refractivity contribution in [3.05, 3.63) is 92.6 Å². The van der Waals surface area contributed by atoms with Crippen LogP contribution >= 0.6 is 0 Å². The molecule has 176 valence electrons. The summed E-state index contributed by atoms with van der Waals surface area (Å²) in [6.07, 6.45) is -1.37. The average molecular weight is 466 g/mol. The lowest BCUT2D eigenvalue weighted by Crippen LogP contribution is -2.29. The third kappa shape index (κ3) is 4.72. The quantitative estimate of drug-likeness (QED) is 0.400. The first kappa shape index (κ1) is 23.6. The molecule has 2 heterocycles. The first-order valence-electron chi connectivity index (χ1n) is 11.3. The Morgan fingerprint density at radius 3 is 2.24 bits per heavy atom. The van der Waals surface area contributed by atoms with Crippen molar-refractivity contribution in [1.29, 1.82) is 0 Å². The van der Waals surface area contributed by atoms with Gasteiger partial charge in [0.25, 0.3) is 11.2 Å². The van der Waals surface area contributed by atoms with E-state index in [0.717, 1.165) is 54.4 Å². The topological polar surface area (TPSA) is 29.6 Å². The third-order valence-electron chi connectivity index (χ3n) is 6.40. The fourth-order valence-electron chi connectivity index (χ4n) is 4.54. The largest absolute Gasteiger partial charge is 0.407 e. The molecule has 3 aromatic rings. The van der Waals surface area contributed by atoms with Crippen molar-refractivity contribution in [3.63, 3.8) is 0 Å². The summed E-state index contributed by atoms with van der Waals surface area (Å²) in [4.78, 5) is 18.4. The summed E-state index contributed by atoms with van der Waals surface area (Å²) in [5, 5.41) is 0. The first-order valence-corrected chi connectivity index (χ1v) is 11.3. The van der Waals surface area contributed by atoms with E-state index in [1.54, 1.807) is 12.1 Å². The predicted octanol–water partition coefficient (Wildman–Crippen LogP) is 6.74. The highest BCUT2D eigenvalue weighted by molar-refractivity contribution is 5.68. The molecule has 34 heavy (non-hydrogen) atoms. The Labute approximate surface area is 197 Å². The van der Waals surface area contributed by atoms with E-state index >= 15 is 0 Å². The molecule has 1 aliphatic rings. The lowest BCUT2D eigenvalue weighted by atomic mass is 10.0. The van der Waals surface area contributed by atoms with E-state index in [1.807, 2.05) is 44.2 Å². The van der Waals surface area contributed by atoms with E-state index < -0.39 is 23.0 Å². The molecule has 7 heteroatoms. The van der Waals surface area contributed by atoms with Crippen molar-refractivity contribution in [2.45, 2.75) is 45.8 Å². The van der Waals surface area contributed by atoms with Gasteiger partial charge in [-0.15, -0.1) is 0 Å². The zero-order chi connectivity index (χ0) is 24.5. The molecule has 1 saturated heterocycles. The van der Waals surface area contributed by atoms with E-state index in [9.17, 15) is 18.0 Å². The minimum atomic E-state index is -4.81. The molecule has 1 aromatic heterocycles. The van der Waals surface area contributed by atoms with Crippen LogP contribution in [0.3, 0.4) is 0 Å². The number of anilines is 1. The Morgan fingerprint density at radius 1 is 0.971 bits per heavy atom. The van der Waals surface area contributed by atoms with Gasteiger partial charge in [-0.25, -0.2) is 4.85 Å². The van der Waals surface area contributed by atoms with Crippen LogP contribution in [0.4, 0.5) is 24.5 Å². The Hall–Kier alpha value is -3.53. The van der Waals surface area contributed by atoms with E-state index in [0.29, 0.717) is 5.56 Å². The van der Waals surface area contributed by atoms with Crippen LogP contribution in [0.2, 0.25) is 0 Å². The predicted molar refractivity (Wildman–Crippen MR) is 128 cm³/mol. The average Bonchev–Trinajstić information content (AvgIpc) is 2.81. The normalized spacial score (nSPS) is 14.2. The van der Waals surface area contributed by atoms with Gasteiger partial charge in [0.2, 0.25) is 0 Å². The van der Waals surface area contributed by atoms with Crippen LogP contribution in [0, 0.1) is 20.4 Å². The number of hydrogen-bond donors (Lipinski definition) is 0. The second kappa shape index (κ2) is 9.38. The van der Waals surface area contributed by atoms with Crippen molar-refractivity contribution in [1.82, 2.24) is 4.57 Å². The van der Waals surface area contributed by atoms with Crippen LogP contribution in [0.5, 0.6) is 0 Å². The van der Waals surface area contributed by atoms with Crippen LogP contribution in [-0.2, 0) is 12.7 Å². The van der Waals surface area contributed by atoms with Crippen molar-refractivity contribution in [2.24, 2.45) is 0 Å². The molecule has 0 bridgehead atoms. The maximum absolute atomic E-state index is 13.8. The van der Waals surface area contributed by atoms with Crippen LogP contribution < -0.4 is 10.5 Å². The SMILES string of the molecule is [C-]#[N+]c1c(C(F)(F)F)cc(-c2ccc(N3CCCCC3)cc2)n(Cc2ccc(C)cc2C)c1=O. The molecule has 0 atom stereocenters. The van der Waals surface area contributed by atoms with Crippen molar-refractivity contribution < 1.29 is 13.2 Å². The summed E-state index contributed by atoms with van der Waals surface area (Å²) in [6, 6.07) is 14.0. The molecule has 0 N–H and O–H groups in total. The van der Waals surface area contributed by atoms with Gasteiger partial charge in [0.05, 0.1) is 18.7 Å². The van der Waals surface area contributed by atoms with Gasteiger partial charge in [0, 0.05) is 24.5 Å². The van der Waals surface area contributed by atoms with Crippen LogP contribution in [-0.4, -0.2) is 17.7 Å². The fourth-order valence-corrected chi connectivity index (χ4v) is 4.54. The van der Waals surface area contributed by atoms with Gasteiger partial charge in [0.1, 0.15) is 0 Å². The standard InChI is InChI=1S/C27H26F3N3O/c1-18-7-8-21(19(2)15-18)17-33-24(16-23(27(28,29)30)25(31-3)26(33)34)20-9-11-22(12-10-20)32-13-5-4-6-14-32/h7-12,15-16H,4-6,13-14,17H2,1-2H3. The van der Waals surface area contributed by atoms with E-state index in [-0.39, 0.29) is 12.2 Å². The molecule has 4 nitrogen and oxygen atoms in total. The number of aryl methyl sites for hydroxylation is 2. The monoisotopic (exact) mass is 465 g/mol. The van der Waals surface area contributed by atoms with Gasteiger partial charge >= 0.3 is 6.18 Å². The van der Waals surface area contributed by atoms with Crippen LogP contribution in [0.15, 0.2) is 53.3 Å². The number of nitrogens with zero attached hydrogens (tertiary/aromatic N) is 3. The molecule has 0 amide bonds.